The van der Waals surface area contributed by atoms with Crippen LogP contribution in [-0.2, 0) is 4.79 Å². The average molecular weight is 450 g/mol. The Hall–Kier alpha value is -1.42. The molecule has 0 heterocycles. The highest BCUT2D eigenvalue weighted by molar-refractivity contribution is 5.75. The fourth-order valence-electron chi connectivity index (χ4n) is 4.45. The number of hydrogen-bond donors (Lipinski definition) is 1. The maximum atomic E-state index is 14.5. The van der Waals surface area contributed by atoms with Crippen molar-refractivity contribution < 1.29 is 14.3 Å². The van der Waals surface area contributed by atoms with Gasteiger partial charge in [0.05, 0.1) is 0 Å². The van der Waals surface area contributed by atoms with Crippen LogP contribution >= 0.6 is 0 Å². The minimum Gasteiger partial charge on any atom is -0.480 e. The molecule has 0 aliphatic rings. The summed E-state index contributed by atoms with van der Waals surface area (Å²) < 4.78 is 14.5. The Labute approximate surface area is 196 Å². The first-order chi connectivity index (χ1) is 15.6. The normalized spacial score (nSPS) is 12.4. The number of unbranched alkanes of at least 4 members (excludes halogenated alkanes) is 14. The van der Waals surface area contributed by atoms with E-state index in [1.807, 2.05) is 4.90 Å². The quantitative estimate of drug-likeness (QED) is 0.191. The Bertz CT molecular complexity index is 573. The summed E-state index contributed by atoms with van der Waals surface area (Å²) >= 11 is 0. The SMILES string of the molecule is CCCCCCCCCCN(CCCCCCCCCC)[C@@H](C(=O)O)c1ccccc1F. The van der Waals surface area contributed by atoms with Gasteiger partial charge in [-0.1, -0.05) is 122 Å². The van der Waals surface area contributed by atoms with Crippen molar-refractivity contribution in [2.75, 3.05) is 13.1 Å². The highest BCUT2D eigenvalue weighted by Crippen LogP contribution is 2.25. The molecule has 0 fully saturated rings. The molecular weight excluding hydrogens is 401 g/mol. The minimum atomic E-state index is -0.950. The Balaban J connectivity index is 2.56. The summed E-state index contributed by atoms with van der Waals surface area (Å²) in [5, 5.41) is 9.96. The molecule has 0 radical (unpaired) electrons. The smallest absolute Gasteiger partial charge is 0.325 e. The van der Waals surface area contributed by atoms with Gasteiger partial charge in [0.2, 0.25) is 0 Å². The predicted octanol–water partition coefficient (Wildman–Crippen LogP) is 8.53. The first-order valence-corrected chi connectivity index (χ1v) is 13.3. The number of nitrogens with zero attached hydrogens (tertiary/aromatic N) is 1. The molecule has 1 N–H and O–H groups in total. The van der Waals surface area contributed by atoms with Gasteiger partial charge in [-0.15, -0.1) is 0 Å². The monoisotopic (exact) mass is 449 g/mol. The number of hydrogen-bond acceptors (Lipinski definition) is 2. The first-order valence-electron chi connectivity index (χ1n) is 13.3. The largest absolute Gasteiger partial charge is 0.480 e. The molecule has 0 unspecified atom stereocenters. The molecule has 4 heteroatoms. The second kappa shape index (κ2) is 19.1. The van der Waals surface area contributed by atoms with Crippen LogP contribution < -0.4 is 0 Å². The minimum absolute atomic E-state index is 0.291. The predicted molar refractivity (Wildman–Crippen MR) is 134 cm³/mol. The summed E-state index contributed by atoms with van der Waals surface area (Å²) in [5.41, 5.74) is 0.291. The van der Waals surface area contributed by atoms with E-state index in [2.05, 4.69) is 13.8 Å². The Morgan fingerprint density at radius 1 is 0.750 bits per heavy atom. The van der Waals surface area contributed by atoms with Crippen LogP contribution in [0, 0.1) is 5.82 Å². The van der Waals surface area contributed by atoms with Crippen LogP contribution in [-0.4, -0.2) is 29.1 Å². The van der Waals surface area contributed by atoms with Crippen LogP contribution in [0.25, 0.3) is 0 Å². The molecule has 0 aliphatic carbocycles. The lowest BCUT2D eigenvalue weighted by atomic mass is 10.0. The second-order valence-electron chi connectivity index (χ2n) is 9.25. The highest BCUT2D eigenvalue weighted by atomic mass is 19.1. The third-order valence-corrected chi connectivity index (χ3v) is 6.40. The van der Waals surface area contributed by atoms with Crippen molar-refractivity contribution in [3.63, 3.8) is 0 Å². The van der Waals surface area contributed by atoms with E-state index < -0.39 is 17.8 Å². The van der Waals surface area contributed by atoms with Crippen molar-refractivity contribution in [3.05, 3.63) is 35.6 Å². The lowest BCUT2D eigenvalue weighted by molar-refractivity contribution is -0.143. The summed E-state index contributed by atoms with van der Waals surface area (Å²) in [5.74, 6) is -1.37. The van der Waals surface area contributed by atoms with E-state index in [-0.39, 0.29) is 0 Å². The van der Waals surface area contributed by atoms with Gasteiger partial charge in [0.25, 0.3) is 0 Å². The summed E-state index contributed by atoms with van der Waals surface area (Å²) in [7, 11) is 0. The van der Waals surface area contributed by atoms with Crippen molar-refractivity contribution in [2.24, 2.45) is 0 Å². The summed E-state index contributed by atoms with van der Waals surface area (Å²) in [4.78, 5) is 14.2. The third kappa shape index (κ3) is 12.6. The number of halogens is 1. The molecule has 0 bridgehead atoms. The number of carbonyl (C=O) groups is 1. The van der Waals surface area contributed by atoms with Gasteiger partial charge < -0.3 is 5.11 Å². The summed E-state index contributed by atoms with van der Waals surface area (Å²) in [6.45, 7) is 5.90. The van der Waals surface area contributed by atoms with Gasteiger partial charge in [-0.05, 0) is 32.0 Å². The molecule has 1 aromatic rings. The molecule has 0 aromatic heterocycles. The highest BCUT2D eigenvalue weighted by Gasteiger charge is 2.29. The van der Waals surface area contributed by atoms with Gasteiger partial charge in [-0.25, -0.2) is 4.39 Å². The van der Waals surface area contributed by atoms with Crippen LogP contribution in [0.4, 0.5) is 4.39 Å². The summed E-state index contributed by atoms with van der Waals surface area (Å²) in [6.07, 6.45) is 19.5. The first kappa shape index (κ1) is 28.6. The van der Waals surface area contributed by atoms with Crippen LogP contribution in [0.3, 0.4) is 0 Å². The molecule has 0 aliphatic heterocycles. The topological polar surface area (TPSA) is 40.5 Å². The van der Waals surface area contributed by atoms with Crippen molar-refractivity contribution in [3.8, 4) is 0 Å². The van der Waals surface area contributed by atoms with E-state index in [4.69, 9.17) is 0 Å². The Kier molecular flexibility index (Phi) is 17.1. The molecule has 0 amide bonds. The van der Waals surface area contributed by atoms with Gasteiger partial charge in [-0.3, -0.25) is 9.69 Å². The Morgan fingerprint density at radius 2 is 1.16 bits per heavy atom. The van der Waals surface area contributed by atoms with Crippen LogP contribution in [0.1, 0.15) is 128 Å². The van der Waals surface area contributed by atoms with Gasteiger partial charge >= 0.3 is 5.97 Å². The third-order valence-electron chi connectivity index (χ3n) is 6.40. The summed E-state index contributed by atoms with van der Waals surface area (Å²) in [6, 6.07) is 5.46. The number of benzene rings is 1. The van der Waals surface area contributed by atoms with Crippen LogP contribution in [0.15, 0.2) is 24.3 Å². The average Bonchev–Trinajstić information content (AvgIpc) is 2.78. The molecule has 3 nitrogen and oxygen atoms in total. The zero-order chi connectivity index (χ0) is 23.4. The molecule has 0 saturated heterocycles. The van der Waals surface area contributed by atoms with Gasteiger partial charge in [0, 0.05) is 5.56 Å². The fourth-order valence-corrected chi connectivity index (χ4v) is 4.45. The molecule has 1 aromatic carbocycles. The maximum absolute atomic E-state index is 14.5. The van der Waals surface area contributed by atoms with Gasteiger partial charge in [-0.2, -0.15) is 0 Å². The van der Waals surface area contributed by atoms with Crippen LogP contribution in [0.5, 0.6) is 0 Å². The van der Waals surface area contributed by atoms with E-state index in [9.17, 15) is 14.3 Å². The van der Waals surface area contributed by atoms with Crippen molar-refractivity contribution in [1.29, 1.82) is 0 Å². The number of aliphatic carboxylic acids is 1. The molecular formula is C28H48FNO2. The van der Waals surface area contributed by atoms with E-state index >= 15 is 0 Å². The maximum Gasteiger partial charge on any atom is 0.325 e. The van der Waals surface area contributed by atoms with Crippen molar-refractivity contribution >= 4 is 5.97 Å². The zero-order valence-electron chi connectivity index (χ0n) is 20.8. The van der Waals surface area contributed by atoms with E-state index in [0.717, 1.165) is 38.8 Å². The van der Waals surface area contributed by atoms with Gasteiger partial charge in [0.15, 0.2) is 0 Å². The lowest BCUT2D eigenvalue weighted by Crippen LogP contribution is -2.36. The second-order valence-corrected chi connectivity index (χ2v) is 9.25. The molecule has 184 valence electrons. The standard InChI is InChI=1S/C28H48FNO2/c1-3-5-7-9-11-13-15-19-23-30(24-20-16-14-12-10-8-6-4-2)27(28(31)32)25-21-17-18-22-26(25)29/h17-18,21-22,27H,3-16,19-20,23-24H2,1-2H3,(H,31,32)/t27-/m1/s1. The molecule has 0 spiro atoms. The van der Waals surface area contributed by atoms with E-state index in [1.54, 1.807) is 18.2 Å². The number of carboxylic acid groups (broad SMARTS) is 1. The molecule has 1 atom stereocenters. The van der Waals surface area contributed by atoms with E-state index in [0.29, 0.717) is 5.56 Å². The van der Waals surface area contributed by atoms with Crippen molar-refractivity contribution in [1.82, 2.24) is 4.90 Å². The molecule has 0 saturated carbocycles. The zero-order valence-corrected chi connectivity index (χ0v) is 20.8. The van der Waals surface area contributed by atoms with Crippen molar-refractivity contribution in [2.45, 2.75) is 123 Å². The fraction of sp³-hybridized carbons (Fsp3) is 0.750. The van der Waals surface area contributed by atoms with Gasteiger partial charge in [0.1, 0.15) is 11.9 Å². The number of carboxylic acids is 1. The number of rotatable bonds is 21. The van der Waals surface area contributed by atoms with Crippen LogP contribution in [0.2, 0.25) is 0 Å². The Morgan fingerprint density at radius 3 is 1.56 bits per heavy atom. The molecule has 32 heavy (non-hydrogen) atoms. The molecule has 1 rings (SSSR count). The lowest BCUT2D eigenvalue weighted by Gasteiger charge is -2.29. The van der Waals surface area contributed by atoms with E-state index in [1.165, 1.54) is 83.1 Å².